The lowest BCUT2D eigenvalue weighted by molar-refractivity contribution is 0.163. The molecule has 2 N–H and O–H groups in total. The van der Waals surface area contributed by atoms with Crippen LogP contribution in [0.1, 0.15) is 18.9 Å². The summed E-state index contributed by atoms with van der Waals surface area (Å²) in [4.78, 5) is 0. The summed E-state index contributed by atoms with van der Waals surface area (Å²) in [5.74, 6) is -0.274. The van der Waals surface area contributed by atoms with Gasteiger partial charge in [-0.3, -0.25) is 0 Å². The summed E-state index contributed by atoms with van der Waals surface area (Å²) in [6.45, 7) is 1.92. The molecule has 78 valence electrons. The van der Waals surface area contributed by atoms with Gasteiger partial charge in [-0.2, -0.15) is 0 Å². The molecule has 2 nitrogen and oxygen atoms in total. The molecule has 0 spiro atoms. The van der Waals surface area contributed by atoms with Gasteiger partial charge in [0.05, 0.1) is 12.1 Å². The number of nitrogens with one attached hydrogen (secondary N) is 1. The maximum absolute atomic E-state index is 13.0. The quantitative estimate of drug-likeness (QED) is 0.769. The fraction of sp³-hybridized carbons (Fsp3) is 0.455. The minimum atomic E-state index is -0.526. The zero-order valence-electron chi connectivity index (χ0n) is 8.55. The van der Waals surface area contributed by atoms with Crippen molar-refractivity contribution in [3.05, 3.63) is 35.6 Å². The Hall–Kier alpha value is -0.930. The topological polar surface area (TPSA) is 32.3 Å². The Kier molecular flexibility index (Phi) is 3.61. The number of aliphatic hydroxyl groups is 1. The second kappa shape index (κ2) is 4.53. The summed E-state index contributed by atoms with van der Waals surface area (Å²) >= 11 is 0. The number of rotatable bonds is 4. The van der Waals surface area contributed by atoms with Gasteiger partial charge in [0.15, 0.2) is 0 Å². The molecule has 0 amide bonds. The molecule has 1 aromatic carbocycles. The maximum atomic E-state index is 13.0. The van der Waals surface area contributed by atoms with Gasteiger partial charge in [-0.05, 0) is 31.2 Å². The van der Waals surface area contributed by atoms with E-state index < -0.39 is 5.54 Å². The van der Waals surface area contributed by atoms with Crippen LogP contribution < -0.4 is 5.32 Å². The molecule has 0 aromatic heterocycles. The highest BCUT2D eigenvalue weighted by molar-refractivity contribution is 5.25. The van der Waals surface area contributed by atoms with Crippen molar-refractivity contribution in [1.29, 1.82) is 0 Å². The highest BCUT2D eigenvalue weighted by Crippen LogP contribution is 2.24. The summed E-state index contributed by atoms with van der Waals surface area (Å²) in [5, 5.41) is 12.4. The largest absolute Gasteiger partial charge is 0.394 e. The van der Waals surface area contributed by atoms with E-state index in [0.29, 0.717) is 6.42 Å². The Balaban J connectivity index is 3.10. The van der Waals surface area contributed by atoms with Crippen LogP contribution in [0, 0.1) is 5.82 Å². The van der Waals surface area contributed by atoms with Gasteiger partial charge in [0, 0.05) is 0 Å². The SMILES string of the molecule is CCC(CO)(NC)c1cccc(F)c1. The van der Waals surface area contributed by atoms with E-state index in [9.17, 15) is 9.50 Å². The molecule has 0 bridgehead atoms. The minimum absolute atomic E-state index is 0.0382. The van der Waals surface area contributed by atoms with Crippen molar-refractivity contribution in [2.75, 3.05) is 13.7 Å². The highest BCUT2D eigenvalue weighted by atomic mass is 19.1. The van der Waals surface area contributed by atoms with E-state index in [1.807, 2.05) is 13.0 Å². The normalized spacial score (nSPS) is 15.1. The van der Waals surface area contributed by atoms with Crippen LogP contribution >= 0.6 is 0 Å². The smallest absolute Gasteiger partial charge is 0.123 e. The standard InChI is InChI=1S/C11H16FNO/c1-3-11(8-14,13-2)9-5-4-6-10(12)7-9/h4-7,13-14H,3,8H2,1-2H3. The third kappa shape index (κ3) is 1.94. The molecule has 1 atom stereocenters. The van der Waals surface area contributed by atoms with Crippen LogP contribution in [-0.2, 0) is 5.54 Å². The Morgan fingerprint density at radius 2 is 2.21 bits per heavy atom. The Bertz CT molecular complexity index is 289. The zero-order valence-corrected chi connectivity index (χ0v) is 8.55. The molecule has 3 heteroatoms. The van der Waals surface area contributed by atoms with Gasteiger partial charge in [-0.1, -0.05) is 19.1 Å². The molecule has 0 aliphatic rings. The summed E-state index contributed by atoms with van der Waals surface area (Å²) < 4.78 is 13.0. The Morgan fingerprint density at radius 3 is 2.64 bits per heavy atom. The van der Waals surface area contributed by atoms with E-state index in [0.717, 1.165) is 5.56 Å². The van der Waals surface area contributed by atoms with Crippen molar-refractivity contribution in [2.24, 2.45) is 0 Å². The van der Waals surface area contributed by atoms with E-state index >= 15 is 0 Å². The predicted octanol–water partition coefficient (Wildman–Crippen LogP) is 1.64. The first kappa shape index (κ1) is 11.1. The van der Waals surface area contributed by atoms with Gasteiger partial charge in [-0.25, -0.2) is 4.39 Å². The third-order valence-corrected chi connectivity index (χ3v) is 2.73. The van der Waals surface area contributed by atoms with E-state index in [-0.39, 0.29) is 12.4 Å². The van der Waals surface area contributed by atoms with E-state index in [1.165, 1.54) is 12.1 Å². The molecule has 0 saturated carbocycles. The van der Waals surface area contributed by atoms with Crippen LogP contribution in [0.2, 0.25) is 0 Å². The average Bonchev–Trinajstić information content (AvgIpc) is 2.22. The van der Waals surface area contributed by atoms with E-state index in [2.05, 4.69) is 5.32 Å². The van der Waals surface area contributed by atoms with Crippen LogP contribution in [-0.4, -0.2) is 18.8 Å². The summed E-state index contributed by atoms with van der Waals surface area (Å²) in [6, 6.07) is 6.33. The van der Waals surface area contributed by atoms with Crippen molar-refractivity contribution in [3.8, 4) is 0 Å². The lowest BCUT2D eigenvalue weighted by atomic mass is 9.88. The number of aliphatic hydroxyl groups excluding tert-OH is 1. The van der Waals surface area contributed by atoms with Gasteiger partial charge in [0.25, 0.3) is 0 Å². The predicted molar refractivity (Wildman–Crippen MR) is 54.5 cm³/mol. The van der Waals surface area contributed by atoms with Crippen molar-refractivity contribution in [2.45, 2.75) is 18.9 Å². The fourth-order valence-corrected chi connectivity index (χ4v) is 1.59. The van der Waals surface area contributed by atoms with Crippen molar-refractivity contribution >= 4 is 0 Å². The average molecular weight is 197 g/mol. The van der Waals surface area contributed by atoms with Gasteiger partial charge >= 0.3 is 0 Å². The molecule has 0 saturated heterocycles. The second-order valence-corrected chi connectivity index (χ2v) is 3.35. The summed E-state index contributed by atoms with van der Waals surface area (Å²) in [5.41, 5.74) is 0.257. The lowest BCUT2D eigenvalue weighted by Crippen LogP contribution is -2.42. The van der Waals surface area contributed by atoms with E-state index in [4.69, 9.17) is 0 Å². The third-order valence-electron chi connectivity index (χ3n) is 2.73. The number of halogens is 1. The first-order valence-electron chi connectivity index (χ1n) is 4.74. The fourth-order valence-electron chi connectivity index (χ4n) is 1.59. The molecular weight excluding hydrogens is 181 g/mol. The molecule has 1 aromatic rings. The lowest BCUT2D eigenvalue weighted by Gasteiger charge is -2.30. The van der Waals surface area contributed by atoms with Crippen LogP contribution in [0.25, 0.3) is 0 Å². The Labute approximate surface area is 83.8 Å². The van der Waals surface area contributed by atoms with Crippen molar-refractivity contribution in [1.82, 2.24) is 5.32 Å². The molecule has 0 aliphatic heterocycles. The first-order valence-corrected chi connectivity index (χ1v) is 4.74. The maximum Gasteiger partial charge on any atom is 0.123 e. The van der Waals surface area contributed by atoms with Gasteiger partial charge in [0.1, 0.15) is 5.82 Å². The van der Waals surface area contributed by atoms with E-state index in [1.54, 1.807) is 13.1 Å². The molecule has 1 rings (SSSR count). The Morgan fingerprint density at radius 1 is 1.50 bits per heavy atom. The molecule has 0 heterocycles. The molecule has 0 aliphatic carbocycles. The van der Waals surface area contributed by atoms with Crippen molar-refractivity contribution in [3.63, 3.8) is 0 Å². The minimum Gasteiger partial charge on any atom is -0.394 e. The highest BCUT2D eigenvalue weighted by Gasteiger charge is 2.27. The number of hydrogen-bond acceptors (Lipinski definition) is 2. The summed E-state index contributed by atoms with van der Waals surface area (Å²) in [7, 11) is 1.77. The number of likely N-dealkylation sites (N-methyl/N-ethyl adjacent to an activating group) is 1. The summed E-state index contributed by atoms with van der Waals surface area (Å²) in [6.07, 6.45) is 0.712. The zero-order chi connectivity index (χ0) is 10.6. The van der Waals surface area contributed by atoms with Gasteiger partial charge in [-0.15, -0.1) is 0 Å². The van der Waals surface area contributed by atoms with Crippen LogP contribution in [0.5, 0.6) is 0 Å². The van der Waals surface area contributed by atoms with Gasteiger partial charge in [0.2, 0.25) is 0 Å². The van der Waals surface area contributed by atoms with Crippen LogP contribution in [0.4, 0.5) is 4.39 Å². The number of hydrogen-bond donors (Lipinski definition) is 2. The molecule has 0 fully saturated rings. The van der Waals surface area contributed by atoms with Crippen LogP contribution in [0.3, 0.4) is 0 Å². The molecule has 1 unspecified atom stereocenters. The first-order chi connectivity index (χ1) is 6.68. The number of benzene rings is 1. The monoisotopic (exact) mass is 197 g/mol. The molecular formula is C11H16FNO. The molecule has 0 radical (unpaired) electrons. The molecule has 14 heavy (non-hydrogen) atoms. The van der Waals surface area contributed by atoms with Crippen molar-refractivity contribution < 1.29 is 9.50 Å². The van der Waals surface area contributed by atoms with Crippen LogP contribution in [0.15, 0.2) is 24.3 Å². The second-order valence-electron chi connectivity index (χ2n) is 3.35. The van der Waals surface area contributed by atoms with Gasteiger partial charge < -0.3 is 10.4 Å².